The molecule has 3 heterocycles. The van der Waals surface area contributed by atoms with Crippen molar-refractivity contribution < 1.29 is 23.8 Å². The maximum Gasteiger partial charge on any atom is 0.325 e. The van der Waals surface area contributed by atoms with E-state index in [1.807, 2.05) is 6.08 Å². The van der Waals surface area contributed by atoms with Gasteiger partial charge in [0.25, 0.3) is 0 Å². The van der Waals surface area contributed by atoms with Crippen molar-refractivity contribution in [2.75, 3.05) is 7.11 Å². The Morgan fingerprint density at radius 3 is 2.95 bits per heavy atom. The van der Waals surface area contributed by atoms with Crippen molar-refractivity contribution in [3.63, 3.8) is 0 Å². The molecule has 0 N–H and O–H groups in total. The van der Waals surface area contributed by atoms with E-state index in [0.717, 1.165) is 10.8 Å². The predicted molar refractivity (Wildman–Crippen MR) is 76.0 cm³/mol. The Morgan fingerprint density at radius 2 is 2.24 bits per heavy atom. The molecule has 108 valence electrons. The van der Waals surface area contributed by atoms with Crippen molar-refractivity contribution in [1.82, 2.24) is 0 Å². The van der Waals surface area contributed by atoms with Crippen LogP contribution in [0.2, 0.25) is 0 Å². The van der Waals surface area contributed by atoms with Crippen LogP contribution in [-0.4, -0.2) is 31.6 Å². The van der Waals surface area contributed by atoms with Gasteiger partial charge >= 0.3 is 5.97 Å². The van der Waals surface area contributed by atoms with Crippen molar-refractivity contribution in [3.05, 3.63) is 33.8 Å². The molecule has 1 spiro atoms. The van der Waals surface area contributed by atoms with E-state index in [2.05, 4.69) is 15.9 Å². The van der Waals surface area contributed by atoms with E-state index in [9.17, 15) is 9.59 Å². The minimum atomic E-state index is -1.06. The average Bonchev–Trinajstić information content (AvgIpc) is 2.82. The molecule has 0 saturated carbocycles. The molecule has 3 unspecified atom stereocenters. The van der Waals surface area contributed by atoms with Gasteiger partial charge in [0.2, 0.25) is 0 Å². The van der Waals surface area contributed by atoms with Crippen LogP contribution >= 0.6 is 15.9 Å². The van der Waals surface area contributed by atoms with Gasteiger partial charge in [-0.3, -0.25) is 9.59 Å². The van der Waals surface area contributed by atoms with Gasteiger partial charge in [0, 0.05) is 22.0 Å². The quantitative estimate of drug-likeness (QED) is 0.603. The van der Waals surface area contributed by atoms with Crippen molar-refractivity contribution in [2.24, 2.45) is 0 Å². The molecule has 21 heavy (non-hydrogen) atoms. The summed E-state index contributed by atoms with van der Waals surface area (Å²) in [6.07, 6.45) is 2.42. The fraction of sp³-hybridized carbons (Fsp3) is 0.333. The van der Waals surface area contributed by atoms with Crippen LogP contribution in [0.15, 0.2) is 22.7 Å². The van der Waals surface area contributed by atoms with Crippen molar-refractivity contribution >= 4 is 28.2 Å². The van der Waals surface area contributed by atoms with E-state index >= 15 is 0 Å². The van der Waals surface area contributed by atoms with Crippen LogP contribution < -0.4 is 9.47 Å². The highest BCUT2D eigenvalue weighted by molar-refractivity contribution is 9.11. The molecular weight excluding hydrogens is 340 g/mol. The standard InChI is InChI=1S/C15H11BrO5/c1-19-9-3-2-7(6-17)12-13(9)21-11-4-10-8(16)5-15(11,12)14(18)20-10/h2-3,5-6,10-11H,4H2,1H3. The first-order valence-corrected chi connectivity index (χ1v) is 7.33. The summed E-state index contributed by atoms with van der Waals surface area (Å²) in [6, 6.07) is 3.31. The lowest BCUT2D eigenvalue weighted by atomic mass is 9.69. The third-order valence-electron chi connectivity index (χ3n) is 4.37. The molecule has 1 aromatic carbocycles. The summed E-state index contributed by atoms with van der Waals surface area (Å²) >= 11 is 3.45. The Hall–Kier alpha value is -1.82. The molecule has 1 aliphatic carbocycles. The molecule has 1 saturated heterocycles. The normalized spacial score (nSPS) is 31.7. The Morgan fingerprint density at radius 1 is 1.43 bits per heavy atom. The Balaban J connectivity index is 2.06. The first-order valence-electron chi connectivity index (χ1n) is 6.54. The number of hydrogen-bond acceptors (Lipinski definition) is 5. The minimum absolute atomic E-state index is 0.315. The maximum absolute atomic E-state index is 12.5. The molecule has 0 radical (unpaired) electrons. The summed E-state index contributed by atoms with van der Waals surface area (Å²) < 4.78 is 17.5. The molecular formula is C15H11BrO5. The number of ether oxygens (including phenoxy) is 3. The highest BCUT2D eigenvalue weighted by atomic mass is 79.9. The Kier molecular flexibility index (Phi) is 2.52. The lowest BCUT2D eigenvalue weighted by Gasteiger charge is -2.42. The number of benzene rings is 1. The second-order valence-corrected chi connectivity index (χ2v) is 6.23. The van der Waals surface area contributed by atoms with E-state index in [-0.39, 0.29) is 18.2 Å². The van der Waals surface area contributed by atoms with E-state index in [0.29, 0.717) is 29.0 Å². The van der Waals surface area contributed by atoms with Crippen LogP contribution in [0.1, 0.15) is 22.3 Å². The summed E-state index contributed by atoms with van der Waals surface area (Å²) in [5.74, 6) is 0.602. The maximum atomic E-state index is 12.5. The number of halogens is 1. The van der Waals surface area contributed by atoms with Gasteiger partial charge in [-0.25, -0.2) is 0 Å². The number of esters is 1. The van der Waals surface area contributed by atoms with Crippen LogP contribution in [0.4, 0.5) is 0 Å². The molecule has 5 rings (SSSR count). The fourth-order valence-corrected chi connectivity index (χ4v) is 4.06. The van der Waals surface area contributed by atoms with Gasteiger partial charge < -0.3 is 14.2 Å². The summed E-state index contributed by atoms with van der Waals surface area (Å²) in [6.45, 7) is 0. The van der Waals surface area contributed by atoms with E-state index in [4.69, 9.17) is 14.2 Å². The Labute approximate surface area is 129 Å². The lowest BCUT2D eigenvalue weighted by molar-refractivity contribution is -0.165. The van der Waals surface area contributed by atoms with Gasteiger partial charge in [-0.2, -0.15) is 0 Å². The lowest BCUT2D eigenvalue weighted by Crippen LogP contribution is -2.56. The first kappa shape index (κ1) is 12.9. The fourth-order valence-electron chi connectivity index (χ4n) is 3.42. The van der Waals surface area contributed by atoms with E-state index < -0.39 is 5.41 Å². The number of carbonyl (C=O) groups is 2. The number of fused-ring (bicyclic) bond motifs is 2. The Bertz CT molecular complexity index is 710. The number of hydrogen-bond donors (Lipinski definition) is 0. The van der Waals surface area contributed by atoms with Crippen LogP contribution in [0.3, 0.4) is 0 Å². The number of rotatable bonds is 2. The summed E-state index contributed by atoms with van der Waals surface area (Å²) in [4.78, 5) is 23.9. The van der Waals surface area contributed by atoms with Crippen molar-refractivity contribution in [2.45, 2.75) is 24.0 Å². The molecule has 1 aromatic rings. The average molecular weight is 351 g/mol. The molecule has 3 atom stereocenters. The third-order valence-corrected chi connectivity index (χ3v) is 5.11. The van der Waals surface area contributed by atoms with Crippen molar-refractivity contribution in [1.29, 1.82) is 0 Å². The second-order valence-electron chi connectivity index (χ2n) is 5.31. The zero-order valence-electron chi connectivity index (χ0n) is 11.1. The monoisotopic (exact) mass is 350 g/mol. The topological polar surface area (TPSA) is 61.8 Å². The van der Waals surface area contributed by atoms with Gasteiger partial charge in [0.1, 0.15) is 12.2 Å². The molecule has 2 bridgehead atoms. The second kappa shape index (κ2) is 4.10. The van der Waals surface area contributed by atoms with Gasteiger partial charge in [-0.05, 0) is 18.2 Å². The van der Waals surface area contributed by atoms with Gasteiger partial charge in [-0.15, -0.1) is 0 Å². The zero-order chi connectivity index (χ0) is 14.8. The molecule has 4 aliphatic rings. The van der Waals surface area contributed by atoms with Crippen LogP contribution in [0, 0.1) is 0 Å². The molecule has 1 fully saturated rings. The predicted octanol–water partition coefficient (Wildman–Crippen LogP) is 2.11. The van der Waals surface area contributed by atoms with E-state index in [1.54, 1.807) is 12.1 Å². The van der Waals surface area contributed by atoms with E-state index in [1.165, 1.54) is 7.11 Å². The first-order chi connectivity index (χ1) is 10.1. The van der Waals surface area contributed by atoms with Crippen LogP contribution in [0.25, 0.3) is 0 Å². The third kappa shape index (κ3) is 1.41. The number of methoxy groups -OCH3 is 1. The largest absolute Gasteiger partial charge is 0.493 e. The van der Waals surface area contributed by atoms with Gasteiger partial charge in [0.05, 0.1) is 7.11 Å². The highest BCUT2D eigenvalue weighted by Gasteiger charge is 2.63. The smallest absolute Gasteiger partial charge is 0.325 e. The molecule has 6 heteroatoms. The summed E-state index contributed by atoms with van der Waals surface area (Å²) in [5, 5.41) is 0. The SMILES string of the molecule is COc1ccc(C=O)c2c1OC1CC3OC(=O)C21C=C3Br. The van der Waals surface area contributed by atoms with Crippen LogP contribution in [-0.2, 0) is 14.9 Å². The van der Waals surface area contributed by atoms with Gasteiger partial charge in [0.15, 0.2) is 23.2 Å². The van der Waals surface area contributed by atoms with Gasteiger partial charge in [-0.1, -0.05) is 15.9 Å². The summed E-state index contributed by atoms with van der Waals surface area (Å²) in [7, 11) is 1.53. The molecule has 0 amide bonds. The molecule has 0 aromatic heterocycles. The minimum Gasteiger partial charge on any atom is -0.493 e. The summed E-state index contributed by atoms with van der Waals surface area (Å²) in [5.41, 5.74) is -0.0997. The van der Waals surface area contributed by atoms with Crippen LogP contribution in [0.5, 0.6) is 11.5 Å². The number of carbonyl (C=O) groups excluding carboxylic acids is 2. The molecule has 5 nitrogen and oxygen atoms in total. The number of aldehydes is 1. The highest BCUT2D eigenvalue weighted by Crippen LogP contribution is 2.57. The molecule has 3 aliphatic heterocycles. The zero-order valence-corrected chi connectivity index (χ0v) is 12.7. The van der Waals surface area contributed by atoms with Crippen molar-refractivity contribution in [3.8, 4) is 11.5 Å².